The van der Waals surface area contributed by atoms with Crippen molar-refractivity contribution in [1.29, 1.82) is 0 Å². The summed E-state index contributed by atoms with van der Waals surface area (Å²) in [6, 6.07) is 1.05. The largest absolute Gasteiger partial charge is 0.309 e. The minimum Gasteiger partial charge on any atom is -0.309 e. The van der Waals surface area contributed by atoms with Crippen LogP contribution in [0.25, 0.3) is 0 Å². The Morgan fingerprint density at radius 3 is 2.44 bits per heavy atom. The predicted octanol–water partition coefficient (Wildman–Crippen LogP) is 2.34. The average Bonchev–Trinajstić information content (AvgIpc) is 2.35. The molecule has 0 aliphatic carbocycles. The number of hydrogen-bond acceptors (Lipinski definition) is 4. The number of rotatable bonds is 7. The average molecular weight is 271 g/mol. The summed E-state index contributed by atoms with van der Waals surface area (Å²) in [6.07, 6.45) is 4.63. The van der Waals surface area contributed by atoms with Crippen LogP contribution >= 0.6 is 11.6 Å². The van der Waals surface area contributed by atoms with Crippen molar-refractivity contribution in [3.8, 4) is 0 Å². The quantitative estimate of drug-likeness (QED) is 0.772. The molecule has 0 aliphatic rings. The lowest BCUT2D eigenvalue weighted by molar-refractivity contribution is 0.237. The van der Waals surface area contributed by atoms with Gasteiger partial charge in [-0.05, 0) is 38.9 Å². The van der Waals surface area contributed by atoms with E-state index in [9.17, 15) is 0 Å². The number of nitrogens with one attached hydrogen (secondary N) is 1. The molecule has 1 heterocycles. The number of likely N-dealkylation sites (N-methyl/N-ethyl adjacent to an activating group) is 1. The lowest BCUT2D eigenvalue weighted by Gasteiger charge is -2.27. The summed E-state index contributed by atoms with van der Waals surface area (Å²) in [4.78, 5) is 10.3. The highest BCUT2D eigenvalue weighted by molar-refractivity contribution is 6.28. The van der Waals surface area contributed by atoms with Gasteiger partial charge in [-0.2, -0.15) is 0 Å². The summed E-state index contributed by atoms with van der Waals surface area (Å²) in [7, 11) is 2.15. The van der Waals surface area contributed by atoms with Crippen LogP contribution in [0.2, 0.25) is 5.28 Å². The molecule has 1 unspecified atom stereocenters. The van der Waals surface area contributed by atoms with E-state index in [1.54, 1.807) is 12.4 Å². The van der Waals surface area contributed by atoms with Gasteiger partial charge in [0.2, 0.25) is 5.28 Å². The Balaban J connectivity index is 2.41. The Morgan fingerprint density at radius 2 is 1.94 bits per heavy atom. The topological polar surface area (TPSA) is 41.0 Å². The van der Waals surface area contributed by atoms with Crippen molar-refractivity contribution in [2.24, 2.45) is 0 Å². The van der Waals surface area contributed by atoms with Crippen LogP contribution in [0.15, 0.2) is 12.4 Å². The molecule has 1 aromatic heterocycles. The number of halogens is 1. The summed E-state index contributed by atoms with van der Waals surface area (Å²) >= 11 is 5.66. The number of hydrogen-bond donors (Lipinski definition) is 1. The maximum atomic E-state index is 5.66. The van der Waals surface area contributed by atoms with E-state index in [0.29, 0.717) is 17.4 Å². The van der Waals surface area contributed by atoms with Crippen molar-refractivity contribution in [3.63, 3.8) is 0 Å². The molecular formula is C13H23ClN4. The van der Waals surface area contributed by atoms with Gasteiger partial charge in [-0.25, -0.2) is 9.97 Å². The fourth-order valence-corrected chi connectivity index (χ4v) is 1.69. The van der Waals surface area contributed by atoms with Gasteiger partial charge in [-0.1, -0.05) is 6.92 Å². The normalized spacial score (nSPS) is 13.3. The summed E-state index contributed by atoms with van der Waals surface area (Å²) < 4.78 is 0. The van der Waals surface area contributed by atoms with Crippen LogP contribution in [0.5, 0.6) is 0 Å². The van der Waals surface area contributed by atoms with Gasteiger partial charge in [0.1, 0.15) is 0 Å². The molecule has 0 fully saturated rings. The first-order valence-electron chi connectivity index (χ1n) is 6.43. The highest BCUT2D eigenvalue weighted by Gasteiger charge is 2.11. The number of nitrogens with zero attached hydrogens (tertiary/aromatic N) is 3. The second kappa shape index (κ2) is 7.67. The van der Waals surface area contributed by atoms with E-state index in [-0.39, 0.29) is 0 Å². The maximum absolute atomic E-state index is 5.66. The SMILES string of the molecule is CCC(CN(C)C(C)C)NCc1cnc(Cl)nc1. The van der Waals surface area contributed by atoms with E-state index < -0.39 is 0 Å². The molecule has 1 atom stereocenters. The molecule has 1 N–H and O–H groups in total. The van der Waals surface area contributed by atoms with Gasteiger partial charge in [-0.3, -0.25) is 0 Å². The summed E-state index contributed by atoms with van der Waals surface area (Å²) in [6.45, 7) is 8.44. The van der Waals surface area contributed by atoms with Crippen molar-refractivity contribution in [1.82, 2.24) is 20.2 Å². The Hall–Kier alpha value is -0.710. The molecule has 0 bridgehead atoms. The van der Waals surface area contributed by atoms with E-state index in [1.165, 1.54) is 0 Å². The molecule has 0 radical (unpaired) electrons. The molecular weight excluding hydrogens is 248 g/mol. The van der Waals surface area contributed by atoms with Gasteiger partial charge in [0.25, 0.3) is 0 Å². The zero-order valence-electron chi connectivity index (χ0n) is 11.7. The first-order chi connectivity index (χ1) is 8.52. The van der Waals surface area contributed by atoms with Crippen LogP contribution in [0.3, 0.4) is 0 Å². The molecule has 0 saturated carbocycles. The van der Waals surface area contributed by atoms with Gasteiger partial charge in [0.15, 0.2) is 0 Å². The Labute approximate surface area is 115 Å². The lowest BCUT2D eigenvalue weighted by Crippen LogP contribution is -2.41. The second-order valence-electron chi connectivity index (χ2n) is 4.88. The minimum absolute atomic E-state index is 0.297. The van der Waals surface area contributed by atoms with Crippen LogP contribution < -0.4 is 5.32 Å². The van der Waals surface area contributed by atoms with Crippen LogP contribution in [-0.2, 0) is 6.54 Å². The monoisotopic (exact) mass is 270 g/mol. The third-order valence-electron chi connectivity index (χ3n) is 3.15. The Kier molecular flexibility index (Phi) is 6.54. The third-order valence-corrected chi connectivity index (χ3v) is 3.35. The predicted molar refractivity (Wildman–Crippen MR) is 75.7 cm³/mol. The number of aromatic nitrogens is 2. The molecule has 18 heavy (non-hydrogen) atoms. The molecule has 0 saturated heterocycles. The maximum Gasteiger partial charge on any atom is 0.222 e. The standard InChI is InChI=1S/C13H23ClN4/c1-5-12(9-18(4)10(2)3)15-6-11-7-16-13(14)17-8-11/h7-8,10,12,15H,5-6,9H2,1-4H3. The molecule has 1 rings (SSSR count). The van der Waals surface area contributed by atoms with Crippen LogP contribution in [0, 0.1) is 0 Å². The van der Waals surface area contributed by atoms with Gasteiger partial charge < -0.3 is 10.2 Å². The molecule has 0 amide bonds. The van der Waals surface area contributed by atoms with Gasteiger partial charge in [0, 0.05) is 43.1 Å². The summed E-state index contributed by atoms with van der Waals surface area (Å²) in [5.41, 5.74) is 1.06. The highest BCUT2D eigenvalue weighted by atomic mass is 35.5. The molecule has 0 spiro atoms. The molecule has 1 aromatic rings. The molecule has 0 aromatic carbocycles. The summed E-state index contributed by atoms with van der Waals surface area (Å²) in [5.74, 6) is 0. The lowest BCUT2D eigenvalue weighted by atomic mass is 10.2. The van der Waals surface area contributed by atoms with Crippen LogP contribution in [-0.4, -0.2) is 40.5 Å². The Bertz CT molecular complexity index is 339. The van der Waals surface area contributed by atoms with E-state index >= 15 is 0 Å². The van der Waals surface area contributed by atoms with Crippen molar-refractivity contribution < 1.29 is 0 Å². The van der Waals surface area contributed by atoms with Crippen molar-refractivity contribution in [2.45, 2.75) is 45.8 Å². The first-order valence-corrected chi connectivity index (χ1v) is 6.80. The fourth-order valence-electron chi connectivity index (χ4n) is 1.59. The van der Waals surface area contributed by atoms with E-state index in [4.69, 9.17) is 11.6 Å². The fraction of sp³-hybridized carbons (Fsp3) is 0.692. The van der Waals surface area contributed by atoms with Crippen molar-refractivity contribution >= 4 is 11.6 Å². The van der Waals surface area contributed by atoms with Crippen molar-refractivity contribution in [2.75, 3.05) is 13.6 Å². The third kappa shape index (κ3) is 5.29. The molecule has 102 valence electrons. The molecule has 4 nitrogen and oxygen atoms in total. The van der Waals surface area contributed by atoms with Crippen molar-refractivity contribution in [3.05, 3.63) is 23.2 Å². The van der Waals surface area contributed by atoms with E-state index in [1.807, 2.05) is 0 Å². The zero-order chi connectivity index (χ0) is 13.5. The Morgan fingerprint density at radius 1 is 1.33 bits per heavy atom. The highest BCUT2D eigenvalue weighted by Crippen LogP contribution is 2.03. The van der Waals surface area contributed by atoms with Gasteiger partial charge in [-0.15, -0.1) is 0 Å². The zero-order valence-corrected chi connectivity index (χ0v) is 12.4. The molecule has 0 aliphatic heterocycles. The summed E-state index contributed by atoms with van der Waals surface area (Å²) in [5, 5.41) is 3.82. The first kappa shape index (κ1) is 15.3. The second-order valence-corrected chi connectivity index (χ2v) is 5.22. The van der Waals surface area contributed by atoms with Crippen LogP contribution in [0.4, 0.5) is 0 Å². The molecule has 5 heteroatoms. The smallest absolute Gasteiger partial charge is 0.222 e. The van der Waals surface area contributed by atoms with Gasteiger partial charge >= 0.3 is 0 Å². The van der Waals surface area contributed by atoms with E-state index in [2.05, 4.69) is 48.0 Å². The minimum atomic E-state index is 0.297. The van der Waals surface area contributed by atoms with E-state index in [0.717, 1.165) is 25.1 Å². The van der Waals surface area contributed by atoms with Gasteiger partial charge in [0.05, 0.1) is 0 Å². The van der Waals surface area contributed by atoms with Crippen LogP contribution in [0.1, 0.15) is 32.8 Å².